The largest absolute Gasteiger partial charge is 0.462 e. The van der Waals surface area contributed by atoms with E-state index in [1.54, 1.807) is 11.3 Å². The average molecular weight is 468 g/mol. The summed E-state index contributed by atoms with van der Waals surface area (Å²) in [4.78, 5) is 29.9. The molecule has 5 aromatic rings. The summed E-state index contributed by atoms with van der Waals surface area (Å²) in [6, 6.07) is 14.2. The summed E-state index contributed by atoms with van der Waals surface area (Å²) in [5.74, 6) is -0.333. The molecule has 35 heavy (non-hydrogen) atoms. The van der Waals surface area contributed by atoms with Gasteiger partial charge < -0.3 is 10.1 Å². The number of anilines is 1. The number of fused-ring (bicyclic) bond motifs is 4. The molecule has 6 nitrogen and oxygen atoms in total. The van der Waals surface area contributed by atoms with Crippen molar-refractivity contribution in [2.24, 2.45) is 0 Å². The Morgan fingerprint density at radius 3 is 2.60 bits per heavy atom. The minimum Gasteiger partial charge on any atom is -0.462 e. The van der Waals surface area contributed by atoms with E-state index in [-0.39, 0.29) is 11.5 Å². The second-order valence-corrected chi connectivity index (χ2v) is 9.29. The Hall–Kier alpha value is -3.93. The van der Waals surface area contributed by atoms with Gasteiger partial charge in [-0.15, -0.1) is 0 Å². The van der Waals surface area contributed by atoms with Gasteiger partial charge in [-0.2, -0.15) is 0 Å². The van der Waals surface area contributed by atoms with Crippen molar-refractivity contribution in [3.63, 3.8) is 0 Å². The van der Waals surface area contributed by atoms with E-state index in [2.05, 4.69) is 56.1 Å². The Kier molecular flexibility index (Phi) is 5.89. The molecule has 0 saturated carbocycles. The molecule has 0 bridgehead atoms. The summed E-state index contributed by atoms with van der Waals surface area (Å²) in [6.07, 6.45) is 2.70. The van der Waals surface area contributed by atoms with Crippen LogP contribution in [0.3, 0.4) is 0 Å². The first kappa shape index (κ1) is 22.8. The fourth-order valence-electron chi connectivity index (χ4n) is 4.68. The second kappa shape index (κ2) is 9.02. The van der Waals surface area contributed by atoms with Gasteiger partial charge >= 0.3 is 5.97 Å². The fourth-order valence-corrected chi connectivity index (χ4v) is 4.68. The molecule has 2 heterocycles. The highest BCUT2D eigenvalue weighted by Gasteiger charge is 2.17. The van der Waals surface area contributed by atoms with E-state index in [1.807, 2.05) is 12.1 Å². The van der Waals surface area contributed by atoms with Gasteiger partial charge in [0.1, 0.15) is 5.65 Å². The van der Waals surface area contributed by atoms with Crippen LogP contribution in [0.1, 0.15) is 37.3 Å². The number of carbonyl (C=O) groups excluding carboxylic acids is 1. The SMILES string of the molecule is C=C(C)C(=O)OCCCCCNc1ccc2c3c1cccc3c(=O)n1c3cc(C)c(C)cc3nc21. The van der Waals surface area contributed by atoms with Crippen LogP contribution in [-0.2, 0) is 9.53 Å². The lowest BCUT2D eigenvalue weighted by Gasteiger charge is -2.13. The maximum Gasteiger partial charge on any atom is 0.333 e. The van der Waals surface area contributed by atoms with Gasteiger partial charge in [-0.1, -0.05) is 18.7 Å². The Bertz CT molecular complexity index is 1670. The van der Waals surface area contributed by atoms with E-state index >= 15 is 0 Å². The monoisotopic (exact) mass is 467 g/mol. The molecule has 0 unspecified atom stereocenters. The van der Waals surface area contributed by atoms with Crippen molar-refractivity contribution in [2.45, 2.75) is 40.0 Å². The van der Waals surface area contributed by atoms with Gasteiger partial charge in [-0.25, -0.2) is 9.78 Å². The maximum absolute atomic E-state index is 13.6. The molecule has 0 aliphatic rings. The zero-order valence-electron chi connectivity index (χ0n) is 20.4. The van der Waals surface area contributed by atoms with E-state index < -0.39 is 0 Å². The molecule has 0 amide bonds. The predicted octanol–water partition coefficient (Wildman–Crippen LogP) is 5.91. The molecule has 0 saturated heterocycles. The topological polar surface area (TPSA) is 72.7 Å². The molecule has 1 N–H and O–H groups in total. The third kappa shape index (κ3) is 3.99. The number of hydrogen-bond acceptors (Lipinski definition) is 5. The van der Waals surface area contributed by atoms with Crippen LogP contribution in [0, 0.1) is 13.8 Å². The molecule has 0 aliphatic carbocycles. The fraction of sp³-hybridized carbons (Fsp3) is 0.276. The molecule has 6 heteroatoms. The summed E-state index contributed by atoms with van der Waals surface area (Å²) in [6.45, 7) is 10.6. The summed E-state index contributed by atoms with van der Waals surface area (Å²) in [5.41, 5.74) is 6.10. The van der Waals surface area contributed by atoms with Gasteiger partial charge in [-0.05, 0) is 81.5 Å². The van der Waals surface area contributed by atoms with Gasteiger partial charge in [0.05, 0.1) is 17.6 Å². The van der Waals surface area contributed by atoms with Crippen molar-refractivity contribution >= 4 is 49.9 Å². The molecule has 178 valence electrons. The lowest BCUT2D eigenvalue weighted by molar-refractivity contribution is -0.139. The zero-order valence-corrected chi connectivity index (χ0v) is 20.4. The van der Waals surface area contributed by atoms with E-state index in [1.165, 1.54) is 0 Å². The standard InChI is InChI=1S/C29H29N3O3/c1-17(2)29(34)35-14-7-5-6-13-30-23-12-11-21-26-20(23)9-8-10-22(26)28(33)32-25-16-19(4)18(3)15-24(25)31-27(21)32/h8-12,15-16,30H,1,5-7,13-14H2,2-4H3. The minimum absolute atomic E-state index is 0.0367. The van der Waals surface area contributed by atoms with Crippen molar-refractivity contribution in [1.82, 2.24) is 9.38 Å². The highest BCUT2D eigenvalue weighted by molar-refractivity contribution is 6.18. The van der Waals surface area contributed by atoms with Gasteiger partial charge in [0, 0.05) is 39.4 Å². The quantitative estimate of drug-likeness (QED) is 0.174. The molecular weight excluding hydrogens is 438 g/mol. The molecule has 0 aliphatic heterocycles. The molecule has 3 aromatic carbocycles. The number of benzene rings is 3. The summed E-state index contributed by atoms with van der Waals surface area (Å²) < 4.78 is 6.90. The molecule has 5 rings (SSSR count). The highest BCUT2D eigenvalue weighted by atomic mass is 16.5. The Morgan fingerprint density at radius 1 is 1.03 bits per heavy atom. The molecule has 0 spiro atoms. The van der Waals surface area contributed by atoms with Crippen LogP contribution in [0.4, 0.5) is 5.69 Å². The second-order valence-electron chi connectivity index (χ2n) is 9.29. The van der Waals surface area contributed by atoms with E-state index in [0.717, 1.165) is 69.8 Å². The number of nitrogens with one attached hydrogen (secondary N) is 1. The van der Waals surface area contributed by atoms with Gasteiger partial charge in [-0.3, -0.25) is 9.20 Å². The smallest absolute Gasteiger partial charge is 0.333 e. The van der Waals surface area contributed by atoms with Gasteiger partial charge in [0.2, 0.25) is 0 Å². The lowest BCUT2D eigenvalue weighted by Crippen LogP contribution is -2.13. The van der Waals surface area contributed by atoms with Crippen molar-refractivity contribution in [3.05, 3.63) is 76.1 Å². The number of aromatic nitrogens is 2. The summed E-state index contributed by atoms with van der Waals surface area (Å²) in [5, 5.41) is 7.18. The Balaban J connectivity index is 1.43. The Morgan fingerprint density at radius 2 is 1.80 bits per heavy atom. The molecule has 0 radical (unpaired) electrons. The van der Waals surface area contributed by atoms with Crippen LogP contribution in [-0.4, -0.2) is 28.5 Å². The maximum atomic E-state index is 13.6. The third-order valence-corrected chi connectivity index (χ3v) is 6.70. The van der Waals surface area contributed by atoms with Crippen LogP contribution in [0.25, 0.3) is 38.2 Å². The van der Waals surface area contributed by atoms with Crippen LogP contribution < -0.4 is 10.9 Å². The number of carbonyl (C=O) groups is 1. The zero-order chi connectivity index (χ0) is 24.7. The number of hydrogen-bond donors (Lipinski definition) is 1. The number of imidazole rings is 1. The molecule has 0 atom stereocenters. The van der Waals surface area contributed by atoms with Crippen molar-refractivity contribution < 1.29 is 9.53 Å². The van der Waals surface area contributed by atoms with Crippen molar-refractivity contribution in [2.75, 3.05) is 18.5 Å². The third-order valence-electron chi connectivity index (χ3n) is 6.70. The van der Waals surface area contributed by atoms with E-state index in [0.29, 0.717) is 23.2 Å². The van der Waals surface area contributed by atoms with E-state index in [4.69, 9.17) is 9.72 Å². The number of ether oxygens (including phenoxy) is 1. The van der Waals surface area contributed by atoms with Crippen molar-refractivity contribution in [1.29, 1.82) is 0 Å². The first-order valence-corrected chi connectivity index (χ1v) is 12.0. The highest BCUT2D eigenvalue weighted by Crippen LogP contribution is 2.34. The van der Waals surface area contributed by atoms with Crippen LogP contribution in [0.5, 0.6) is 0 Å². The summed E-state index contributed by atoms with van der Waals surface area (Å²) in [7, 11) is 0. The molecule has 2 aromatic heterocycles. The minimum atomic E-state index is -0.333. The van der Waals surface area contributed by atoms with Crippen LogP contribution in [0.2, 0.25) is 0 Å². The van der Waals surface area contributed by atoms with Crippen LogP contribution >= 0.6 is 0 Å². The number of pyridine rings is 1. The number of aryl methyl sites for hydroxylation is 2. The summed E-state index contributed by atoms with van der Waals surface area (Å²) >= 11 is 0. The van der Waals surface area contributed by atoms with Gasteiger partial charge in [0.15, 0.2) is 0 Å². The molecular formula is C29H29N3O3. The Labute approximate surface area is 203 Å². The number of rotatable bonds is 8. The average Bonchev–Trinajstić information content (AvgIpc) is 3.20. The van der Waals surface area contributed by atoms with E-state index in [9.17, 15) is 9.59 Å². The van der Waals surface area contributed by atoms with Crippen LogP contribution in [0.15, 0.2) is 59.4 Å². The first-order valence-electron chi connectivity index (χ1n) is 12.0. The van der Waals surface area contributed by atoms with Crippen molar-refractivity contribution in [3.8, 4) is 0 Å². The predicted molar refractivity (Wildman–Crippen MR) is 143 cm³/mol. The lowest BCUT2D eigenvalue weighted by atomic mass is 10.0. The first-order chi connectivity index (χ1) is 16.9. The molecule has 0 fully saturated rings. The number of esters is 1. The number of nitrogens with zero attached hydrogens (tertiary/aromatic N) is 2. The van der Waals surface area contributed by atoms with Gasteiger partial charge in [0.25, 0.3) is 5.56 Å². The number of unbranched alkanes of at least 4 members (excludes halogenated alkanes) is 2. The normalized spacial score (nSPS) is 11.6.